The van der Waals surface area contributed by atoms with Gasteiger partial charge in [0.2, 0.25) is 22.9 Å². The minimum absolute atomic E-state index is 0.0551. The first-order chi connectivity index (χ1) is 52.5. The molecule has 528 valence electrons. The molecule has 16 heterocycles. The van der Waals surface area contributed by atoms with Crippen LogP contribution in [-0.2, 0) is 0 Å². The molecule has 0 aliphatic carbocycles. The molecule has 0 saturated heterocycles. The Morgan fingerprint density at radius 3 is 1.12 bits per heavy atom. The summed E-state index contributed by atoms with van der Waals surface area (Å²) in [5, 5.41) is 8.56. The number of anilines is 6. The summed E-state index contributed by atoms with van der Waals surface area (Å²) >= 11 is 0. The number of para-hydroxylation sites is 6. The number of hydrogen-bond donors (Lipinski definition) is 0. The van der Waals surface area contributed by atoms with E-state index in [0.717, 1.165) is 86.9 Å². The van der Waals surface area contributed by atoms with Crippen LogP contribution in [0.4, 0.5) is 34.1 Å². The van der Waals surface area contributed by atoms with E-state index in [1.165, 1.54) is 39.0 Å². The summed E-state index contributed by atoms with van der Waals surface area (Å²) in [6, 6.07) is 54.7. The van der Waals surface area contributed by atoms with Gasteiger partial charge in [-0.25, -0.2) is 19.9 Å². The van der Waals surface area contributed by atoms with Gasteiger partial charge in [-0.05, 0) is 181 Å². The number of aromatic nitrogens is 4. The van der Waals surface area contributed by atoms with Crippen molar-refractivity contribution in [3.63, 3.8) is 0 Å². The van der Waals surface area contributed by atoms with E-state index < -0.39 is 6.98 Å². The van der Waals surface area contributed by atoms with Crippen LogP contribution in [0.3, 0.4) is 0 Å². The summed E-state index contributed by atoms with van der Waals surface area (Å²) in [6.07, 6.45) is 16.3. The van der Waals surface area contributed by atoms with Crippen molar-refractivity contribution >= 4 is 155 Å². The van der Waals surface area contributed by atoms with Gasteiger partial charge in [0.15, 0.2) is 21.7 Å². The summed E-state index contributed by atoms with van der Waals surface area (Å²) in [5.41, 5.74) is 17.3. The Morgan fingerprint density at radius 2 is 0.698 bits per heavy atom. The molecule has 4 aromatic carbocycles. The predicted octanol–water partition coefficient (Wildman–Crippen LogP) is 8.52. The van der Waals surface area contributed by atoms with Crippen LogP contribution in [0.5, 0.6) is 0 Å². The van der Waals surface area contributed by atoms with Gasteiger partial charge in [0.25, 0.3) is 0 Å². The maximum atomic E-state index is 7.66. The number of furan rings is 4. The second-order valence-electron chi connectivity index (χ2n) is 28.5. The molecule has 0 fully saturated rings. The van der Waals surface area contributed by atoms with Crippen molar-refractivity contribution in [3.8, 4) is 0 Å². The molecule has 8 aliphatic rings. The van der Waals surface area contributed by atoms with Crippen molar-refractivity contribution in [2.75, 3.05) is 66.5 Å². The third-order valence-electron chi connectivity index (χ3n) is 21.7. The van der Waals surface area contributed by atoms with E-state index in [2.05, 4.69) is 289 Å². The molecule has 0 saturated carbocycles. The van der Waals surface area contributed by atoms with Gasteiger partial charge in [0, 0.05) is 144 Å². The normalized spacial score (nSPS) is 19.2. The Hall–Kier alpha value is -12.1. The molecule has 20 rings (SSSR count). The molecule has 106 heavy (non-hydrogen) atoms. The number of nitrogens with zero attached hydrogens (tertiary/aromatic N) is 16. The molecule has 8 aliphatic heterocycles. The van der Waals surface area contributed by atoms with Crippen LogP contribution in [-0.4, -0.2) is 149 Å². The minimum atomic E-state index is -2.16. The van der Waals surface area contributed by atoms with Crippen LogP contribution in [0.15, 0.2) is 200 Å². The number of aryl methyl sites for hydroxylation is 4. The lowest BCUT2D eigenvalue weighted by atomic mass is 9.69. The molecule has 0 bridgehead atoms. The largest absolute Gasteiger partial charge is 0.436 e. The van der Waals surface area contributed by atoms with Gasteiger partial charge < -0.3 is 75.8 Å². The van der Waals surface area contributed by atoms with E-state index in [1.54, 1.807) is 6.20 Å². The fourth-order valence-corrected chi connectivity index (χ4v) is 16.0. The highest BCUT2D eigenvalue weighted by Gasteiger charge is 2.43. The summed E-state index contributed by atoms with van der Waals surface area (Å²) in [7, 11) is 10.4. The van der Waals surface area contributed by atoms with Crippen molar-refractivity contribution in [1.82, 2.24) is 53.7 Å². The van der Waals surface area contributed by atoms with Crippen molar-refractivity contribution in [1.29, 1.82) is 0 Å². The van der Waals surface area contributed by atoms with Gasteiger partial charge >= 0.3 is 27.9 Å². The molecule has 20 nitrogen and oxygen atoms in total. The maximum absolute atomic E-state index is 7.66. The number of fused-ring (bicyclic) bond motifs is 14. The van der Waals surface area contributed by atoms with Crippen LogP contribution in [0.1, 0.15) is 54.6 Å². The molecule has 0 spiro atoms. The van der Waals surface area contributed by atoms with E-state index in [9.17, 15) is 0 Å². The lowest BCUT2D eigenvalue weighted by Gasteiger charge is -2.37. The Kier molecular flexibility index (Phi) is 15.9. The van der Waals surface area contributed by atoms with Gasteiger partial charge in [-0.2, -0.15) is 0 Å². The SMILES string of the molecule is Cc1ccc2c3c(oc2n1)=CN(C)B(N1C=CN(c2ccccc2)[C@@H]1C)C=3.Cc1ccc2c3c(oc2n1)=CN(C)B(N1c2ccccc2N(C)[C@@H]1C)C=3.Cc1ccc2c3c(oc2n1)=CN(C)B(N1c2ccccc2N(c2ccccc2)[C@@H]1C)C=3.[2H]C([2H])([2H])N1C=CN(B2C=c3c(oc4nc(C)ccc34)=CN2C)[C@H]1C. The van der Waals surface area contributed by atoms with E-state index in [0.29, 0.717) is 22.9 Å². The highest BCUT2D eigenvalue weighted by Crippen LogP contribution is 2.45. The molecule has 12 aromatic rings. The van der Waals surface area contributed by atoms with Crippen LogP contribution in [0, 0.1) is 27.7 Å². The average Bonchev–Trinajstić information content (AvgIpc) is 1.58. The number of hydrogen-bond acceptors (Lipinski definition) is 20. The van der Waals surface area contributed by atoms with Crippen molar-refractivity contribution in [3.05, 3.63) is 248 Å². The lowest BCUT2D eigenvalue weighted by molar-refractivity contribution is 0.266. The Bertz CT molecular complexity index is 6180. The standard InChI is InChI=1S/C25H23BN4O.C21H21BN4O.C20H21BN4O.C16H19BN4O/c1-17-13-14-20-21-15-26(28(3)16-24(21)31-25(20)27-17)30-18(2)29(19-9-5-4-6-10-19)22-11-7-8-12-23(22)30;1-15-9-10-18-19-13-22(24(3)14-20(19)27-21(18)23-15)26-12-11-25(16(26)2)17-7-5-4-6-8-17;1-13-9-10-15-16-11-21(23(3)12-19(16)26-20(15)22-13)25-14(2)24(4)17-7-5-6-8-18(17)25;1-11-5-6-13-14-9-17(21-8-7-19(3)12(21)2)20(4)10-15(14)22-16(13)18-11/h4-16,18H,1-3H3;4-14,16H,1-3H3;5-12,14H,1-4H3;5-10,12H,1-4H3/t18-;16-;14-;12-/m0000/s1/i;;;3D3. The van der Waals surface area contributed by atoms with Crippen LogP contribution < -0.4 is 66.9 Å². The first-order valence-corrected chi connectivity index (χ1v) is 36.2. The fraction of sp³-hybridized carbons (Fsp3) is 0.220. The molecule has 8 aromatic heterocycles. The first kappa shape index (κ1) is 63.6. The Balaban J connectivity index is 0.000000107. The maximum Gasteiger partial charge on any atom is 0.405 e. The third kappa shape index (κ3) is 11.6. The molecular formula is C82H84B4N16O4. The summed E-state index contributed by atoms with van der Waals surface area (Å²) in [4.78, 5) is 44.5. The van der Waals surface area contributed by atoms with Gasteiger partial charge in [0.1, 0.15) is 0 Å². The Labute approximate surface area is 621 Å². The zero-order chi connectivity index (χ0) is 75.6. The number of benzene rings is 4. The van der Waals surface area contributed by atoms with Gasteiger partial charge in [-0.15, -0.1) is 0 Å². The van der Waals surface area contributed by atoms with E-state index in [-0.39, 0.29) is 52.6 Å². The highest BCUT2D eigenvalue weighted by atomic mass is 16.3. The second kappa shape index (κ2) is 26.6. The molecule has 0 N–H and O–H groups in total. The van der Waals surface area contributed by atoms with Gasteiger partial charge in [0.05, 0.1) is 47.4 Å². The quantitative estimate of drug-likeness (QED) is 0.147. The van der Waals surface area contributed by atoms with Crippen LogP contribution >= 0.6 is 0 Å². The lowest BCUT2D eigenvalue weighted by Crippen LogP contribution is -2.56. The van der Waals surface area contributed by atoms with E-state index in [4.69, 9.17) is 21.8 Å². The van der Waals surface area contributed by atoms with Gasteiger partial charge in [-0.3, -0.25) is 0 Å². The van der Waals surface area contributed by atoms with Crippen molar-refractivity contribution in [2.45, 2.75) is 80.1 Å². The highest BCUT2D eigenvalue weighted by molar-refractivity contribution is 6.76. The molecular weight excluding hydrogens is 1320 g/mol. The molecule has 0 radical (unpaired) electrons. The minimum Gasteiger partial charge on any atom is -0.436 e. The third-order valence-corrected chi connectivity index (χ3v) is 21.7. The predicted molar refractivity (Wildman–Crippen MR) is 433 cm³/mol. The fourth-order valence-electron chi connectivity index (χ4n) is 16.0. The summed E-state index contributed by atoms with van der Waals surface area (Å²) < 4.78 is 46.9. The smallest absolute Gasteiger partial charge is 0.405 e. The molecule has 0 unspecified atom stereocenters. The Morgan fingerprint density at radius 1 is 0.349 bits per heavy atom. The molecule has 4 atom stereocenters. The number of pyridine rings is 4. The van der Waals surface area contributed by atoms with Crippen LogP contribution in [0.25, 0.3) is 93.1 Å². The average molecular weight is 1400 g/mol. The topological polar surface area (TPSA) is 143 Å². The van der Waals surface area contributed by atoms with Crippen molar-refractivity contribution < 1.29 is 21.8 Å². The van der Waals surface area contributed by atoms with E-state index >= 15 is 0 Å². The first-order valence-electron chi connectivity index (χ1n) is 37.7. The monoisotopic (exact) mass is 1400 g/mol. The zero-order valence-electron chi connectivity index (χ0n) is 64.8. The number of rotatable bonds is 6. The van der Waals surface area contributed by atoms with E-state index in [1.807, 2.05) is 100 Å². The van der Waals surface area contributed by atoms with Crippen LogP contribution in [0.2, 0.25) is 0 Å². The molecule has 0 amide bonds. The molecule has 24 heteroatoms. The second-order valence-corrected chi connectivity index (χ2v) is 28.5. The summed E-state index contributed by atoms with van der Waals surface area (Å²) in [5.74, 6) is 8.97. The van der Waals surface area contributed by atoms with Gasteiger partial charge in [-0.1, -0.05) is 84.6 Å². The summed E-state index contributed by atoms with van der Waals surface area (Å²) in [6.45, 7) is 14.5. The van der Waals surface area contributed by atoms with Crippen molar-refractivity contribution in [2.24, 2.45) is 0 Å². The zero-order valence-corrected chi connectivity index (χ0v) is 61.8.